The number of nitrogens with zero attached hydrogens (tertiary/aromatic N) is 2. The number of benzene rings is 1. The van der Waals surface area contributed by atoms with Crippen LogP contribution >= 0.6 is 11.8 Å². The largest absolute Gasteiger partial charge is 0.497 e. The number of thioether (sulfide) groups is 1. The molecule has 0 spiro atoms. The molecule has 6 nitrogen and oxygen atoms in total. The lowest BCUT2D eigenvalue weighted by atomic mass is 10.2. The lowest BCUT2D eigenvalue weighted by molar-refractivity contribution is 0.128. The highest BCUT2D eigenvalue weighted by atomic mass is 32.2. The van der Waals surface area contributed by atoms with Gasteiger partial charge in [-0.15, -0.1) is 10.2 Å². The molecule has 22 heavy (non-hydrogen) atoms. The zero-order valence-electron chi connectivity index (χ0n) is 12.6. The molecule has 118 valence electrons. The number of rotatable bonds is 6. The molecule has 0 radical (unpaired) electrons. The van der Waals surface area contributed by atoms with E-state index in [0.717, 1.165) is 30.8 Å². The van der Waals surface area contributed by atoms with Gasteiger partial charge in [-0.3, -0.25) is 0 Å². The summed E-state index contributed by atoms with van der Waals surface area (Å²) in [7, 11) is 3.21. The molecule has 2 aromatic rings. The summed E-state index contributed by atoms with van der Waals surface area (Å²) in [6.07, 6.45) is 2.52. The average molecular weight is 322 g/mol. The fourth-order valence-electron chi connectivity index (χ4n) is 2.26. The van der Waals surface area contributed by atoms with Crippen LogP contribution in [0.25, 0.3) is 11.5 Å². The van der Waals surface area contributed by atoms with Gasteiger partial charge in [0.05, 0.1) is 20.3 Å². The minimum Gasteiger partial charge on any atom is -0.497 e. The van der Waals surface area contributed by atoms with E-state index in [0.29, 0.717) is 22.6 Å². The molecule has 0 aliphatic carbocycles. The number of ether oxygens (including phenoxy) is 3. The highest BCUT2D eigenvalue weighted by Gasteiger charge is 2.18. The van der Waals surface area contributed by atoms with Crippen molar-refractivity contribution in [2.45, 2.75) is 24.2 Å². The fraction of sp³-hybridized carbons (Fsp3) is 0.467. The lowest BCUT2D eigenvalue weighted by Crippen LogP contribution is -2.07. The van der Waals surface area contributed by atoms with Crippen LogP contribution in [0.1, 0.15) is 12.8 Å². The molecule has 3 rings (SSSR count). The molecule has 0 bridgehead atoms. The smallest absolute Gasteiger partial charge is 0.276 e. The maximum absolute atomic E-state index is 5.70. The summed E-state index contributed by atoms with van der Waals surface area (Å²) in [5, 5.41) is 8.72. The summed E-state index contributed by atoms with van der Waals surface area (Å²) in [5.41, 5.74) is 0.771. The van der Waals surface area contributed by atoms with Gasteiger partial charge in [0, 0.05) is 24.0 Å². The average Bonchev–Trinajstić information content (AvgIpc) is 3.23. The van der Waals surface area contributed by atoms with Gasteiger partial charge in [-0.2, -0.15) is 0 Å². The van der Waals surface area contributed by atoms with Crippen molar-refractivity contribution in [2.24, 2.45) is 0 Å². The van der Waals surface area contributed by atoms with E-state index in [4.69, 9.17) is 18.6 Å². The second-order valence-corrected chi connectivity index (χ2v) is 5.89. The van der Waals surface area contributed by atoms with E-state index in [1.54, 1.807) is 20.3 Å². The Balaban J connectivity index is 1.72. The molecule has 0 amide bonds. The Morgan fingerprint density at radius 2 is 1.95 bits per heavy atom. The van der Waals surface area contributed by atoms with Crippen LogP contribution < -0.4 is 9.47 Å². The minimum atomic E-state index is 0.289. The summed E-state index contributed by atoms with van der Waals surface area (Å²) in [6, 6.07) is 5.47. The maximum Gasteiger partial charge on any atom is 0.276 e. The van der Waals surface area contributed by atoms with Crippen molar-refractivity contribution in [2.75, 3.05) is 26.6 Å². The lowest BCUT2D eigenvalue weighted by Gasteiger charge is -2.06. The third-order valence-electron chi connectivity index (χ3n) is 3.42. The zero-order chi connectivity index (χ0) is 15.4. The monoisotopic (exact) mass is 322 g/mol. The summed E-state index contributed by atoms with van der Waals surface area (Å²) in [5.74, 6) is 2.65. The van der Waals surface area contributed by atoms with Gasteiger partial charge >= 0.3 is 0 Å². The first kappa shape index (κ1) is 15.2. The van der Waals surface area contributed by atoms with Crippen molar-refractivity contribution in [3.63, 3.8) is 0 Å². The number of aromatic nitrogens is 2. The molecule has 1 aliphatic rings. The van der Waals surface area contributed by atoms with E-state index in [-0.39, 0.29) is 6.10 Å². The third kappa shape index (κ3) is 3.53. The van der Waals surface area contributed by atoms with E-state index in [9.17, 15) is 0 Å². The Hall–Kier alpha value is -1.73. The highest BCUT2D eigenvalue weighted by molar-refractivity contribution is 7.99. The zero-order valence-corrected chi connectivity index (χ0v) is 13.4. The second kappa shape index (κ2) is 7.02. The first-order valence-corrected chi connectivity index (χ1v) is 8.08. The predicted octanol–water partition coefficient (Wildman–Crippen LogP) is 3.02. The molecule has 1 aromatic heterocycles. The first-order valence-electron chi connectivity index (χ1n) is 7.10. The normalized spacial score (nSPS) is 17.6. The number of hydrogen-bond acceptors (Lipinski definition) is 7. The van der Waals surface area contributed by atoms with E-state index < -0.39 is 0 Å². The van der Waals surface area contributed by atoms with Gasteiger partial charge in [-0.1, -0.05) is 11.8 Å². The molecule has 1 fully saturated rings. The Labute approximate surface area is 133 Å². The van der Waals surface area contributed by atoms with Crippen molar-refractivity contribution in [1.82, 2.24) is 10.2 Å². The quantitative estimate of drug-likeness (QED) is 0.757. The van der Waals surface area contributed by atoms with Crippen LogP contribution in [0, 0.1) is 0 Å². The Bertz CT molecular complexity index is 604. The predicted molar refractivity (Wildman–Crippen MR) is 82.5 cm³/mol. The van der Waals surface area contributed by atoms with Gasteiger partial charge in [-0.25, -0.2) is 0 Å². The van der Waals surface area contributed by atoms with Crippen LogP contribution in [0.2, 0.25) is 0 Å². The first-order chi connectivity index (χ1) is 10.8. The van der Waals surface area contributed by atoms with Gasteiger partial charge in [0.1, 0.15) is 11.5 Å². The van der Waals surface area contributed by atoms with Crippen LogP contribution in [-0.4, -0.2) is 42.9 Å². The second-order valence-electron chi connectivity index (χ2n) is 4.92. The van der Waals surface area contributed by atoms with Crippen molar-refractivity contribution in [3.05, 3.63) is 18.2 Å². The Morgan fingerprint density at radius 3 is 2.59 bits per heavy atom. The van der Waals surface area contributed by atoms with Gasteiger partial charge in [0.15, 0.2) is 0 Å². The molecule has 1 aromatic carbocycles. The molecular formula is C15H18N2O4S. The Morgan fingerprint density at radius 1 is 1.18 bits per heavy atom. The van der Waals surface area contributed by atoms with Crippen LogP contribution in [-0.2, 0) is 4.74 Å². The van der Waals surface area contributed by atoms with Crippen molar-refractivity contribution in [3.8, 4) is 23.0 Å². The number of methoxy groups -OCH3 is 2. The van der Waals surface area contributed by atoms with E-state index in [1.165, 1.54) is 11.8 Å². The van der Waals surface area contributed by atoms with Crippen molar-refractivity contribution in [1.29, 1.82) is 0 Å². The molecule has 1 atom stereocenters. The summed E-state index contributed by atoms with van der Waals surface area (Å²) < 4.78 is 21.8. The third-order valence-corrected chi connectivity index (χ3v) is 4.37. The topological polar surface area (TPSA) is 66.6 Å². The van der Waals surface area contributed by atoms with Gasteiger partial charge < -0.3 is 18.6 Å². The Kier molecular flexibility index (Phi) is 4.84. The maximum atomic E-state index is 5.70. The molecular weight excluding hydrogens is 304 g/mol. The molecule has 7 heteroatoms. The summed E-state index contributed by atoms with van der Waals surface area (Å²) in [6.45, 7) is 0.851. The van der Waals surface area contributed by atoms with Gasteiger partial charge in [-0.05, 0) is 25.0 Å². The highest BCUT2D eigenvalue weighted by Crippen LogP contribution is 2.31. The SMILES string of the molecule is COc1cc(OC)cc(-c2nnc(SC[C@H]3CCCO3)o2)c1. The van der Waals surface area contributed by atoms with Crippen molar-refractivity contribution >= 4 is 11.8 Å². The molecule has 0 unspecified atom stereocenters. The number of hydrogen-bond donors (Lipinski definition) is 0. The van der Waals surface area contributed by atoms with E-state index in [2.05, 4.69) is 10.2 Å². The van der Waals surface area contributed by atoms with Crippen LogP contribution in [0.5, 0.6) is 11.5 Å². The van der Waals surface area contributed by atoms with Gasteiger partial charge in [0.25, 0.3) is 5.22 Å². The molecule has 0 saturated carbocycles. The summed E-state index contributed by atoms with van der Waals surface area (Å²) in [4.78, 5) is 0. The van der Waals surface area contributed by atoms with Crippen molar-refractivity contribution < 1.29 is 18.6 Å². The molecule has 0 N–H and O–H groups in total. The summed E-state index contributed by atoms with van der Waals surface area (Å²) >= 11 is 1.53. The van der Waals surface area contributed by atoms with E-state index in [1.807, 2.05) is 12.1 Å². The van der Waals surface area contributed by atoms with E-state index >= 15 is 0 Å². The molecule has 2 heterocycles. The standard InChI is InChI=1S/C15H18N2O4S/c1-18-12-6-10(7-13(8-12)19-2)14-16-17-15(21-14)22-9-11-4-3-5-20-11/h6-8,11H,3-5,9H2,1-2H3/t11-/m1/s1. The van der Waals surface area contributed by atoms with Crippen LogP contribution in [0.4, 0.5) is 0 Å². The fourth-order valence-corrected chi connectivity index (χ4v) is 3.08. The minimum absolute atomic E-state index is 0.289. The van der Waals surface area contributed by atoms with Gasteiger partial charge in [0.2, 0.25) is 5.89 Å². The molecule has 1 saturated heterocycles. The van der Waals surface area contributed by atoms with Crippen LogP contribution in [0.15, 0.2) is 27.8 Å². The van der Waals surface area contributed by atoms with Crippen LogP contribution in [0.3, 0.4) is 0 Å². The molecule has 1 aliphatic heterocycles.